The molecule has 27 heavy (non-hydrogen) atoms. The summed E-state index contributed by atoms with van der Waals surface area (Å²) in [6, 6.07) is 14.8. The predicted octanol–water partition coefficient (Wildman–Crippen LogP) is 3.59. The lowest BCUT2D eigenvalue weighted by molar-refractivity contribution is -0.118. The summed E-state index contributed by atoms with van der Waals surface area (Å²) >= 11 is 5.37. The lowest BCUT2D eigenvalue weighted by atomic mass is 10.0. The van der Waals surface area contributed by atoms with Crippen LogP contribution in [0.3, 0.4) is 0 Å². The van der Waals surface area contributed by atoms with Gasteiger partial charge in [0.25, 0.3) is 5.91 Å². The van der Waals surface area contributed by atoms with Gasteiger partial charge in [0, 0.05) is 11.3 Å². The Labute approximate surface area is 161 Å². The molecule has 2 heterocycles. The molecule has 1 aromatic heterocycles. The van der Waals surface area contributed by atoms with Crippen LogP contribution in [0.15, 0.2) is 54.6 Å². The molecule has 1 atom stereocenters. The zero-order valence-corrected chi connectivity index (χ0v) is 15.6. The van der Waals surface area contributed by atoms with Crippen LogP contribution >= 0.6 is 12.2 Å². The number of halogens is 1. The number of anilines is 1. The van der Waals surface area contributed by atoms with Gasteiger partial charge in [-0.25, -0.2) is 9.07 Å². The van der Waals surface area contributed by atoms with Gasteiger partial charge in [-0.3, -0.25) is 9.69 Å². The van der Waals surface area contributed by atoms with E-state index < -0.39 is 6.04 Å². The van der Waals surface area contributed by atoms with Crippen LogP contribution in [0.4, 0.5) is 10.1 Å². The number of hydrogen-bond acceptors (Lipinski definition) is 3. The average Bonchev–Trinajstić information content (AvgIpc) is 3.12. The maximum absolute atomic E-state index is 13.2. The Morgan fingerprint density at radius 1 is 1.04 bits per heavy atom. The quantitative estimate of drug-likeness (QED) is 0.706. The number of carbonyl (C=O) groups is 1. The minimum absolute atomic E-state index is 0.203. The van der Waals surface area contributed by atoms with E-state index >= 15 is 0 Å². The Kier molecular flexibility index (Phi) is 4.24. The van der Waals surface area contributed by atoms with Crippen molar-refractivity contribution < 1.29 is 9.18 Å². The first-order chi connectivity index (χ1) is 13.0. The van der Waals surface area contributed by atoms with Crippen molar-refractivity contribution in [2.75, 3.05) is 4.90 Å². The molecule has 0 unspecified atom stereocenters. The Morgan fingerprint density at radius 2 is 1.70 bits per heavy atom. The topological polar surface area (TPSA) is 50.2 Å². The normalized spacial score (nSPS) is 16.7. The van der Waals surface area contributed by atoms with Crippen molar-refractivity contribution in [1.82, 2.24) is 15.1 Å². The third-order valence-corrected chi connectivity index (χ3v) is 4.96. The highest BCUT2D eigenvalue weighted by atomic mass is 32.1. The second kappa shape index (κ2) is 6.59. The van der Waals surface area contributed by atoms with E-state index in [-0.39, 0.29) is 11.7 Å². The van der Waals surface area contributed by atoms with Crippen LogP contribution < -0.4 is 10.2 Å². The molecule has 1 amide bonds. The van der Waals surface area contributed by atoms with Crippen LogP contribution in [-0.4, -0.2) is 20.8 Å². The predicted molar refractivity (Wildman–Crippen MR) is 105 cm³/mol. The summed E-state index contributed by atoms with van der Waals surface area (Å²) in [6.07, 6.45) is 0. The Balaban J connectivity index is 1.73. The number of rotatable bonds is 3. The number of para-hydroxylation sites is 1. The van der Waals surface area contributed by atoms with Gasteiger partial charge in [-0.05, 0) is 62.5 Å². The molecule has 4 rings (SSSR count). The van der Waals surface area contributed by atoms with Crippen LogP contribution in [-0.2, 0) is 4.79 Å². The van der Waals surface area contributed by atoms with Gasteiger partial charge < -0.3 is 5.32 Å². The average molecular weight is 380 g/mol. The fourth-order valence-electron chi connectivity index (χ4n) is 3.40. The molecule has 1 fully saturated rings. The maximum Gasteiger partial charge on any atom is 0.260 e. The van der Waals surface area contributed by atoms with E-state index in [2.05, 4.69) is 10.4 Å². The monoisotopic (exact) mass is 380 g/mol. The number of amides is 1. The third-order valence-electron chi connectivity index (χ3n) is 4.66. The molecule has 0 aliphatic carbocycles. The standard InChI is InChI=1S/C20H17FN4OS/c1-12-17(13(2)25(23-12)16-6-4-3-5-7-16)18-19(26)24(20(27)22-18)15-10-8-14(21)9-11-15/h3-11,18H,1-2H3,(H,22,27)/t18-/m0/s1. The summed E-state index contributed by atoms with van der Waals surface area (Å²) in [5, 5.41) is 7.99. The van der Waals surface area contributed by atoms with Gasteiger partial charge >= 0.3 is 0 Å². The largest absolute Gasteiger partial charge is 0.346 e. The molecule has 3 aromatic rings. The van der Waals surface area contributed by atoms with Crippen LogP contribution in [0, 0.1) is 19.7 Å². The number of carbonyl (C=O) groups excluding carboxylic acids is 1. The highest BCUT2D eigenvalue weighted by molar-refractivity contribution is 7.80. The highest BCUT2D eigenvalue weighted by Crippen LogP contribution is 2.31. The van der Waals surface area contributed by atoms with Gasteiger partial charge in [0.05, 0.1) is 17.1 Å². The number of nitrogens with zero attached hydrogens (tertiary/aromatic N) is 3. The molecule has 1 saturated heterocycles. The number of aryl methyl sites for hydroxylation is 1. The van der Waals surface area contributed by atoms with Crippen LogP contribution in [0.2, 0.25) is 0 Å². The number of thiocarbonyl (C=S) groups is 1. The van der Waals surface area contributed by atoms with Gasteiger partial charge in [-0.2, -0.15) is 5.10 Å². The van der Waals surface area contributed by atoms with Crippen molar-refractivity contribution in [1.29, 1.82) is 0 Å². The smallest absolute Gasteiger partial charge is 0.260 e. The molecule has 1 N–H and O–H groups in total. The highest BCUT2D eigenvalue weighted by Gasteiger charge is 2.40. The van der Waals surface area contributed by atoms with E-state index in [1.165, 1.54) is 29.2 Å². The Bertz CT molecular complexity index is 1030. The fraction of sp³-hybridized carbons (Fsp3) is 0.150. The van der Waals surface area contributed by atoms with Crippen LogP contribution in [0.25, 0.3) is 5.69 Å². The lowest BCUT2D eigenvalue weighted by Crippen LogP contribution is -2.30. The minimum Gasteiger partial charge on any atom is -0.346 e. The van der Waals surface area contributed by atoms with Gasteiger partial charge in [-0.15, -0.1) is 0 Å². The van der Waals surface area contributed by atoms with Gasteiger partial charge in [0.1, 0.15) is 11.9 Å². The van der Waals surface area contributed by atoms with E-state index in [4.69, 9.17) is 12.2 Å². The number of hydrogen-bond donors (Lipinski definition) is 1. The molecule has 0 saturated carbocycles. The number of aromatic nitrogens is 2. The van der Waals surface area contributed by atoms with E-state index in [1.807, 2.05) is 48.9 Å². The molecule has 0 bridgehead atoms. The molecular formula is C20H17FN4OS. The summed E-state index contributed by atoms with van der Waals surface area (Å²) in [5.41, 5.74) is 3.88. The van der Waals surface area contributed by atoms with Crippen molar-refractivity contribution in [2.45, 2.75) is 19.9 Å². The molecular weight excluding hydrogens is 363 g/mol. The van der Waals surface area contributed by atoms with E-state index in [9.17, 15) is 9.18 Å². The first-order valence-corrected chi connectivity index (χ1v) is 8.90. The number of benzene rings is 2. The van der Waals surface area contributed by atoms with E-state index in [0.717, 1.165) is 22.6 Å². The van der Waals surface area contributed by atoms with E-state index in [1.54, 1.807) is 0 Å². The molecule has 7 heteroatoms. The van der Waals surface area contributed by atoms with Crippen molar-refractivity contribution >= 4 is 28.9 Å². The Hall–Kier alpha value is -3.06. The van der Waals surface area contributed by atoms with Gasteiger partial charge in [0.2, 0.25) is 0 Å². The van der Waals surface area contributed by atoms with E-state index in [0.29, 0.717) is 10.8 Å². The lowest BCUT2D eigenvalue weighted by Gasteiger charge is -2.15. The summed E-state index contributed by atoms with van der Waals surface area (Å²) < 4.78 is 15.0. The summed E-state index contributed by atoms with van der Waals surface area (Å²) in [6.45, 7) is 3.81. The molecule has 1 aliphatic heterocycles. The number of nitrogens with one attached hydrogen (secondary N) is 1. The molecule has 0 spiro atoms. The van der Waals surface area contributed by atoms with Crippen LogP contribution in [0.1, 0.15) is 23.0 Å². The first-order valence-electron chi connectivity index (χ1n) is 8.49. The van der Waals surface area contributed by atoms with Gasteiger partial charge in [-0.1, -0.05) is 18.2 Å². The van der Waals surface area contributed by atoms with Crippen molar-refractivity contribution in [3.8, 4) is 5.69 Å². The fourth-order valence-corrected chi connectivity index (χ4v) is 3.72. The second-order valence-corrected chi connectivity index (χ2v) is 6.75. The molecule has 0 radical (unpaired) electrons. The van der Waals surface area contributed by atoms with Crippen molar-refractivity contribution in [3.63, 3.8) is 0 Å². The first kappa shape index (κ1) is 17.4. The van der Waals surface area contributed by atoms with Crippen molar-refractivity contribution in [3.05, 3.63) is 77.4 Å². The zero-order chi connectivity index (χ0) is 19.1. The van der Waals surface area contributed by atoms with Gasteiger partial charge in [0.15, 0.2) is 5.11 Å². The maximum atomic E-state index is 13.2. The molecule has 136 valence electrons. The van der Waals surface area contributed by atoms with Crippen LogP contribution in [0.5, 0.6) is 0 Å². The molecule has 5 nitrogen and oxygen atoms in total. The summed E-state index contributed by atoms with van der Waals surface area (Å²) in [7, 11) is 0. The minimum atomic E-state index is -0.625. The third kappa shape index (κ3) is 2.90. The summed E-state index contributed by atoms with van der Waals surface area (Å²) in [5.74, 6) is -0.568. The molecule has 2 aromatic carbocycles. The van der Waals surface area contributed by atoms with Crippen molar-refractivity contribution in [2.24, 2.45) is 0 Å². The Morgan fingerprint density at radius 3 is 2.37 bits per heavy atom. The second-order valence-electron chi connectivity index (χ2n) is 6.36. The summed E-state index contributed by atoms with van der Waals surface area (Å²) in [4.78, 5) is 14.5. The SMILES string of the molecule is Cc1nn(-c2ccccc2)c(C)c1[C@@H]1NC(=S)N(c2ccc(F)cc2)C1=O. The zero-order valence-electron chi connectivity index (χ0n) is 14.8. The molecule has 1 aliphatic rings.